The van der Waals surface area contributed by atoms with Crippen molar-refractivity contribution in [2.45, 2.75) is 50.0 Å². The van der Waals surface area contributed by atoms with E-state index in [2.05, 4.69) is 0 Å². The summed E-state index contributed by atoms with van der Waals surface area (Å²) >= 11 is 0. The van der Waals surface area contributed by atoms with Crippen LogP contribution < -0.4 is 4.74 Å². The molecule has 1 aromatic carbocycles. The van der Waals surface area contributed by atoms with Gasteiger partial charge < -0.3 is 14.4 Å². The van der Waals surface area contributed by atoms with Gasteiger partial charge in [-0.1, -0.05) is 0 Å². The van der Waals surface area contributed by atoms with Crippen molar-refractivity contribution in [1.29, 1.82) is 0 Å². The molecule has 3 heterocycles. The zero-order valence-corrected chi connectivity index (χ0v) is 15.1. The number of amides is 1. The topological polar surface area (TPSA) is 38.8 Å². The summed E-state index contributed by atoms with van der Waals surface area (Å²) in [5, 5.41) is 0. The molecule has 3 fully saturated rings. The highest BCUT2D eigenvalue weighted by molar-refractivity contribution is 5.85. The summed E-state index contributed by atoms with van der Waals surface area (Å²) in [6.45, 7) is 3.18. The number of halogens is 1. The smallest absolute Gasteiger partial charge is 0.226 e. The summed E-state index contributed by atoms with van der Waals surface area (Å²) in [5.74, 6) is 1.36. The van der Waals surface area contributed by atoms with Gasteiger partial charge >= 0.3 is 0 Å². The van der Waals surface area contributed by atoms with Crippen molar-refractivity contribution in [1.82, 2.24) is 4.90 Å². The molecule has 1 spiro atoms. The number of piperidine rings is 1. The maximum Gasteiger partial charge on any atom is 0.226 e. The Morgan fingerprint density at radius 3 is 2.81 bits per heavy atom. The number of carbonyl (C=O) groups is 1. The Morgan fingerprint density at radius 1 is 1.19 bits per heavy atom. The van der Waals surface area contributed by atoms with E-state index in [1.54, 1.807) is 12.1 Å². The second kappa shape index (κ2) is 6.22. The molecule has 26 heavy (non-hydrogen) atoms. The number of rotatable bonds is 2. The molecule has 3 aliphatic heterocycles. The molecule has 1 aliphatic carbocycles. The molecule has 0 radical (unpaired) electrons. The first-order valence-electron chi connectivity index (χ1n) is 10.0. The monoisotopic (exact) mass is 359 g/mol. The first-order chi connectivity index (χ1) is 12.7. The van der Waals surface area contributed by atoms with Crippen molar-refractivity contribution in [3.63, 3.8) is 0 Å². The van der Waals surface area contributed by atoms with Crippen molar-refractivity contribution < 1.29 is 18.7 Å². The lowest BCUT2D eigenvalue weighted by Crippen LogP contribution is -2.43. The van der Waals surface area contributed by atoms with E-state index in [0.29, 0.717) is 18.6 Å². The number of likely N-dealkylation sites (tertiary alicyclic amines) is 1. The van der Waals surface area contributed by atoms with Gasteiger partial charge in [-0.05, 0) is 62.6 Å². The van der Waals surface area contributed by atoms with E-state index in [-0.39, 0.29) is 23.1 Å². The van der Waals surface area contributed by atoms with Gasteiger partial charge in [0, 0.05) is 36.6 Å². The van der Waals surface area contributed by atoms with Crippen molar-refractivity contribution in [3.8, 4) is 5.75 Å². The molecule has 4 aliphatic rings. The number of nitrogens with zero attached hydrogens (tertiary/aromatic N) is 1. The van der Waals surface area contributed by atoms with Crippen LogP contribution in [0.1, 0.15) is 44.1 Å². The van der Waals surface area contributed by atoms with E-state index in [1.807, 2.05) is 4.90 Å². The highest BCUT2D eigenvalue weighted by Crippen LogP contribution is 2.61. The van der Waals surface area contributed by atoms with Gasteiger partial charge in [0.25, 0.3) is 0 Å². The lowest BCUT2D eigenvalue weighted by Gasteiger charge is -2.35. The molecule has 3 atom stereocenters. The van der Waals surface area contributed by atoms with Crippen LogP contribution in [0.2, 0.25) is 0 Å². The molecule has 0 N–H and O–H groups in total. The average molecular weight is 359 g/mol. The largest absolute Gasteiger partial charge is 0.493 e. The van der Waals surface area contributed by atoms with Crippen molar-refractivity contribution in [2.75, 3.05) is 26.3 Å². The normalized spacial score (nSPS) is 33.8. The van der Waals surface area contributed by atoms with Crippen LogP contribution in [0.25, 0.3) is 0 Å². The van der Waals surface area contributed by atoms with Gasteiger partial charge in [-0.15, -0.1) is 0 Å². The Morgan fingerprint density at radius 2 is 2.04 bits per heavy atom. The summed E-state index contributed by atoms with van der Waals surface area (Å²) in [6, 6.07) is 4.72. The minimum atomic E-state index is -0.246. The molecular formula is C21H26FNO3. The van der Waals surface area contributed by atoms with Crippen molar-refractivity contribution >= 4 is 5.91 Å². The van der Waals surface area contributed by atoms with Gasteiger partial charge in [-0.2, -0.15) is 0 Å². The molecule has 140 valence electrons. The van der Waals surface area contributed by atoms with Gasteiger partial charge in [0.15, 0.2) is 0 Å². The Hall–Kier alpha value is -1.62. The van der Waals surface area contributed by atoms with Gasteiger partial charge in [0.1, 0.15) is 11.6 Å². The summed E-state index contributed by atoms with van der Waals surface area (Å²) in [5.41, 5.74) is 0.703. The van der Waals surface area contributed by atoms with E-state index >= 15 is 0 Å². The Balaban J connectivity index is 1.27. The molecule has 1 aromatic rings. The molecular weight excluding hydrogens is 333 g/mol. The zero-order chi connectivity index (χ0) is 17.7. The maximum absolute atomic E-state index is 13.8. The predicted octanol–water partition coefficient (Wildman–Crippen LogP) is 3.28. The molecule has 5 rings (SSSR count). The summed E-state index contributed by atoms with van der Waals surface area (Å²) in [6.07, 6.45) is 6.49. The second-order valence-corrected chi connectivity index (χ2v) is 8.37. The average Bonchev–Trinajstić information content (AvgIpc) is 3.12. The maximum atomic E-state index is 13.8. The molecule has 0 bridgehead atoms. The van der Waals surface area contributed by atoms with Gasteiger partial charge in [-0.25, -0.2) is 4.39 Å². The number of fused-ring (bicyclic) bond motifs is 2. The van der Waals surface area contributed by atoms with Crippen LogP contribution in [0.3, 0.4) is 0 Å². The molecule has 5 heteroatoms. The summed E-state index contributed by atoms with van der Waals surface area (Å²) in [7, 11) is 0. The van der Waals surface area contributed by atoms with E-state index < -0.39 is 0 Å². The molecule has 2 saturated heterocycles. The number of hydrogen-bond donors (Lipinski definition) is 0. The summed E-state index contributed by atoms with van der Waals surface area (Å²) < 4.78 is 25.3. The number of hydrogen-bond acceptors (Lipinski definition) is 3. The first kappa shape index (κ1) is 16.5. The van der Waals surface area contributed by atoms with Crippen LogP contribution in [0.15, 0.2) is 18.2 Å². The van der Waals surface area contributed by atoms with Crippen LogP contribution in [0.5, 0.6) is 5.75 Å². The number of ether oxygens (including phenoxy) is 2. The summed E-state index contributed by atoms with van der Waals surface area (Å²) in [4.78, 5) is 15.2. The highest BCUT2D eigenvalue weighted by atomic mass is 19.1. The third-order valence-corrected chi connectivity index (χ3v) is 7.00. The van der Waals surface area contributed by atoms with E-state index in [9.17, 15) is 9.18 Å². The second-order valence-electron chi connectivity index (χ2n) is 8.37. The third kappa shape index (κ3) is 2.63. The lowest BCUT2D eigenvalue weighted by molar-refractivity contribution is -0.135. The van der Waals surface area contributed by atoms with Crippen molar-refractivity contribution in [3.05, 3.63) is 29.6 Å². The van der Waals surface area contributed by atoms with Crippen LogP contribution in [-0.2, 0) is 14.9 Å². The SMILES string of the molecule is O=C([C@H]1C[C@@]12CCOc1ccc(F)cc12)N1CCC(C2CCCO2)CC1. The fourth-order valence-corrected chi connectivity index (χ4v) is 5.38. The highest BCUT2D eigenvalue weighted by Gasteiger charge is 2.62. The van der Waals surface area contributed by atoms with Crippen LogP contribution in [0, 0.1) is 17.7 Å². The number of carbonyl (C=O) groups excluding carboxylic acids is 1. The lowest BCUT2D eigenvalue weighted by atomic mass is 9.86. The number of benzene rings is 1. The predicted molar refractivity (Wildman–Crippen MR) is 94.6 cm³/mol. The Labute approximate surface area is 153 Å². The zero-order valence-electron chi connectivity index (χ0n) is 15.1. The third-order valence-electron chi connectivity index (χ3n) is 7.00. The molecule has 0 aromatic heterocycles. The van der Waals surface area contributed by atoms with E-state index in [4.69, 9.17) is 9.47 Å². The van der Waals surface area contributed by atoms with E-state index in [0.717, 1.165) is 56.7 Å². The van der Waals surface area contributed by atoms with Gasteiger partial charge in [0.2, 0.25) is 5.91 Å². The molecule has 1 unspecified atom stereocenters. The molecule has 4 nitrogen and oxygen atoms in total. The van der Waals surface area contributed by atoms with Crippen LogP contribution in [-0.4, -0.2) is 43.2 Å². The minimum Gasteiger partial charge on any atom is -0.493 e. The first-order valence-corrected chi connectivity index (χ1v) is 10.0. The Kier molecular flexibility index (Phi) is 3.96. The fourth-order valence-electron chi connectivity index (χ4n) is 5.38. The minimum absolute atomic E-state index is 0.00812. The molecule has 1 saturated carbocycles. The standard InChI is InChI=1S/C21H26FNO3/c22-15-3-4-19-16(12-15)21(7-11-26-19)13-17(21)20(24)23-8-5-14(6-9-23)18-2-1-10-25-18/h3-4,12,14,17-18H,1-2,5-11,13H2/t17-,18?,21-/m1/s1. The fraction of sp³-hybridized carbons (Fsp3) is 0.667. The van der Waals surface area contributed by atoms with E-state index in [1.165, 1.54) is 18.9 Å². The Bertz CT molecular complexity index is 709. The van der Waals surface area contributed by atoms with Crippen molar-refractivity contribution in [2.24, 2.45) is 11.8 Å². The molecule has 1 amide bonds. The quantitative estimate of drug-likeness (QED) is 0.813. The van der Waals surface area contributed by atoms with Gasteiger partial charge in [0.05, 0.1) is 12.7 Å². The van der Waals surface area contributed by atoms with Gasteiger partial charge in [-0.3, -0.25) is 4.79 Å². The van der Waals surface area contributed by atoms with Crippen LogP contribution in [0.4, 0.5) is 4.39 Å². The van der Waals surface area contributed by atoms with Crippen LogP contribution >= 0.6 is 0 Å².